The van der Waals surface area contributed by atoms with Crippen LogP contribution in [0.5, 0.6) is 5.75 Å². The van der Waals surface area contributed by atoms with E-state index in [1.54, 1.807) is 29.2 Å². The summed E-state index contributed by atoms with van der Waals surface area (Å²) in [6, 6.07) is 18.3. The first-order valence-electron chi connectivity index (χ1n) is 9.29. The van der Waals surface area contributed by atoms with Crippen molar-refractivity contribution >= 4 is 11.8 Å². The van der Waals surface area contributed by atoms with Crippen molar-refractivity contribution in [2.24, 2.45) is 0 Å². The Morgan fingerprint density at radius 3 is 2.61 bits per heavy atom. The first kappa shape index (κ1) is 19.4. The van der Waals surface area contributed by atoms with E-state index in [4.69, 9.17) is 4.74 Å². The molecule has 1 saturated heterocycles. The van der Waals surface area contributed by atoms with Gasteiger partial charge in [-0.1, -0.05) is 42.5 Å². The topological polar surface area (TPSA) is 73.6 Å². The van der Waals surface area contributed by atoms with Gasteiger partial charge in [0.05, 0.1) is 18.7 Å². The molecule has 1 heterocycles. The third-order valence-corrected chi connectivity index (χ3v) is 4.89. The van der Waals surface area contributed by atoms with Crippen LogP contribution in [-0.2, 0) is 11.3 Å². The Morgan fingerprint density at radius 2 is 1.89 bits per heavy atom. The molecule has 3 rings (SSSR count). The minimum absolute atomic E-state index is 0.0794. The molecule has 0 bridgehead atoms. The summed E-state index contributed by atoms with van der Waals surface area (Å²) in [5, 5.41) is 9.27. The highest BCUT2D eigenvalue weighted by molar-refractivity contribution is 5.98. The molecule has 0 aliphatic carbocycles. The van der Waals surface area contributed by atoms with Gasteiger partial charge in [-0.3, -0.25) is 9.59 Å². The maximum Gasteiger partial charge on any atom is 0.258 e. The molecular weight excluding hydrogens is 354 g/mol. The lowest BCUT2D eigenvalue weighted by molar-refractivity contribution is -0.132. The third-order valence-electron chi connectivity index (χ3n) is 4.89. The highest BCUT2D eigenvalue weighted by atomic mass is 16.5. The molecule has 0 radical (unpaired) electrons. The zero-order valence-electron chi connectivity index (χ0n) is 15.9. The van der Waals surface area contributed by atoms with Gasteiger partial charge in [-0.05, 0) is 30.5 Å². The van der Waals surface area contributed by atoms with Gasteiger partial charge in [-0.2, -0.15) is 5.26 Å². The molecule has 0 saturated carbocycles. The Labute approximate surface area is 164 Å². The Bertz CT molecular complexity index is 876. The van der Waals surface area contributed by atoms with E-state index in [2.05, 4.69) is 6.07 Å². The molecule has 1 fully saturated rings. The summed E-state index contributed by atoms with van der Waals surface area (Å²) >= 11 is 0. The van der Waals surface area contributed by atoms with E-state index >= 15 is 0 Å². The van der Waals surface area contributed by atoms with Gasteiger partial charge in [0.1, 0.15) is 18.3 Å². The third kappa shape index (κ3) is 4.32. The van der Waals surface area contributed by atoms with Crippen molar-refractivity contribution in [2.75, 3.05) is 20.2 Å². The number of carbonyl (C=O) groups is 2. The lowest BCUT2D eigenvalue weighted by atomic mass is 10.1. The second-order valence-corrected chi connectivity index (χ2v) is 6.72. The first-order valence-corrected chi connectivity index (χ1v) is 9.29. The second-order valence-electron chi connectivity index (χ2n) is 6.72. The molecule has 1 aliphatic heterocycles. The molecule has 2 aromatic carbocycles. The highest BCUT2D eigenvalue weighted by Crippen LogP contribution is 2.22. The average Bonchev–Trinajstić information content (AvgIpc) is 3.22. The Morgan fingerprint density at radius 1 is 1.18 bits per heavy atom. The van der Waals surface area contributed by atoms with Crippen molar-refractivity contribution in [1.29, 1.82) is 5.26 Å². The summed E-state index contributed by atoms with van der Waals surface area (Å²) < 4.78 is 5.32. The van der Waals surface area contributed by atoms with Gasteiger partial charge in [0, 0.05) is 13.1 Å². The minimum atomic E-state index is -0.410. The van der Waals surface area contributed by atoms with Crippen LogP contribution in [0.25, 0.3) is 0 Å². The first-order chi connectivity index (χ1) is 13.6. The Balaban J connectivity index is 1.85. The maximum atomic E-state index is 13.2. The zero-order chi connectivity index (χ0) is 19.9. The van der Waals surface area contributed by atoms with Crippen molar-refractivity contribution < 1.29 is 14.3 Å². The van der Waals surface area contributed by atoms with Crippen LogP contribution >= 0.6 is 0 Å². The van der Waals surface area contributed by atoms with Crippen LogP contribution in [0.15, 0.2) is 54.6 Å². The number of benzene rings is 2. The number of rotatable bonds is 6. The number of hydrogen-bond acceptors (Lipinski definition) is 4. The fourth-order valence-electron chi connectivity index (χ4n) is 3.45. The number of amides is 2. The van der Waals surface area contributed by atoms with E-state index in [9.17, 15) is 14.9 Å². The molecule has 0 aromatic heterocycles. The Kier molecular flexibility index (Phi) is 6.28. The lowest BCUT2D eigenvalue weighted by Gasteiger charge is -2.27. The maximum absolute atomic E-state index is 13.2. The van der Waals surface area contributed by atoms with E-state index < -0.39 is 6.04 Å². The SMILES string of the molecule is COc1ccccc1C(=O)N(CC(=O)N1CCCC1C#N)Cc1ccccc1. The molecule has 0 N–H and O–H groups in total. The summed E-state index contributed by atoms with van der Waals surface area (Å²) in [5.41, 5.74) is 1.34. The molecule has 1 aliphatic rings. The molecule has 1 unspecified atom stereocenters. The van der Waals surface area contributed by atoms with Gasteiger partial charge in [0.2, 0.25) is 5.91 Å². The molecule has 144 valence electrons. The van der Waals surface area contributed by atoms with Crippen molar-refractivity contribution in [1.82, 2.24) is 9.80 Å². The summed E-state index contributed by atoms with van der Waals surface area (Å²) in [5.74, 6) is -0.0142. The number of hydrogen-bond donors (Lipinski definition) is 0. The lowest BCUT2D eigenvalue weighted by Crippen LogP contribution is -2.44. The fraction of sp³-hybridized carbons (Fsp3) is 0.318. The van der Waals surface area contributed by atoms with E-state index in [0.29, 0.717) is 30.8 Å². The smallest absolute Gasteiger partial charge is 0.258 e. The van der Waals surface area contributed by atoms with Crippen LogP contribution < -0.4 is 4.74 Å². The number of nitrogens with zero attached hydrogens (tertiary/aromatic N) is 3. The molecule has 0 spiro atoms. The summed E-state index contributed by atoms with van der Waals surface area (Å²) in [7, 11) is 1.51. The number of ether oxygens (including phenoxy) is 1. The van der Waals surface area contributed by atoms with Crippen LogP contribution in [0.3, 0.4) is 0 Å². The Hall–Kier alpha value is -3.33. The van der Waals surface area contributed by atoms with Gasteiger partial charge in [0.15, 0.2) is 0 Å². The van der Waals surface area contributed by atoms with Gasteiger partial charge < -0.3 is 14.5 Å². The number of methoxy groups -OCH3 is 1. The van der Waals surface area contributed by atoms with Crippen LogP contribution in [0.4, 0.5) is 0 Å². The predicted octanol–water partition coefficient (Wildman–Crippen LogP) is 2.85. The molecule has 6 nitrogen and oxygen atoms in total. The number of likely N-dealkylation sites (tertiary alicyclic amines) is 1. The van der Waals surface area contributed by atoms with Crippen LogP contribution in [0.2, 0.25) is 0 Å². The largest absolute Gasteiger partial charge is 0.496 e. The number of para-hydroxylation sites is 1. The van der Waals surface area contributed by atoms with Crippen LogP contribution in [-0.4, -0.2) is 47.9 Å². The fourth-order valence-corrected chi connectivity index (χ4v) is 3.45. The number of nitriles is 1. The summed E-state index contributed by atoms with van der Waals surface area (Å²) in [4.78, 5) is 29.2. The van der Waals surface area contributed by atoms with E-state index in [1.165, 1.54) is 12.0 Å². The monoisotopic (exact) mass is 377 g/mol. The summed E-state index contributed by atoms with van der Waals surface area (Å²) in [6.45, 7) is 0.775. The summed E-state index contributed by atoms with van der Waals surface area (Å²) in [6.07, 6.45) is 1.49. The molecule has 6 heteroatoms. The quantitative estimate of drug-likeness (QED) is 0.776. The molecule has 2 aromatic rings. The average molecular weight is 377 g/mol. The van der Waals surface area contributed by atoms with Crippen molar-refractivity contribution in [2.45, 2.75) is 25.4 Å². The van der Waals surface area contributed by atoms with Crippen LogP contribution in [0.1, 0.15) is 28.8 Å². The van der Waals surface area contributed by atoms with E-state index in [1.807, 2.05) is 30.3 Å². The minimum Gasteiger partial charge on any atom is -0.496 e. The van der Waals surface area contributed by atoms with Gasteiger partial charge in [-0.25, -0.2) is 0 Å². The zero-order valence-corrected chi connectivity index (χ0v) is 15.9. The molecular formula is C22H23N3O3. The molecule has 2 amide bonds. The number of carbonyl (C=O) groups excluding carboxylic acids is 2. The predicted molar refractivity (Wildman–Crippen MR) is 105 cm³/mol. The van der Waals surface area contributed by atoms with Gasteiger partial charge >= 0.3 is 0 Å². The standard InChI is InChI=1S/C22H23N3O3/c1-28-20-12-6-5-11-19(20)22(27)24(15-17-8-3-2-4-9-17)16-21(26)25-13-7-10-18(25)14-23/h2-6,8-9,11-12,18H,7,10,13,15-16H2,1H3. The van der Waals surface area contributed by atoms with Crippen molar-refractivity contribution in [3.63, 3.8) is 0 Å². The molecule has 1 atom stereocenters. The van der Waals surface area contributed by atoms with Gasteiger partial charge in [0.25, 0.3) is 5.91 Å². The second kappa shape index (κ2) is 9.05. The highest BCUT2D eigenvalue weighted by Gasteiger charge is 2.31. The van der Waals surface area contributed by atoms with E-state index in [-0.39, 0.29) is 18.4 Å². The van der Waals surface area contributed by atoms with Crippen molar-refractivity contribution in [3.05, 3.63) is 65.7 Å². The van der Waals surface area contributed by atoms with E-state index in [0.717, 1.165) is 12.0 Å². The van der Waals surface area contributed by atoms with Crippen LogP contribution in [0, 0.1) is 11.3 Å². The van der Waals surface area contributed by atoms with Crippen molar-refractivity contribution in [3.8, 4) is 11.8 Å². The normalized spacial score (nSPS) is 15.7. The van der Waals surface area contributed by atoms with Gasteiger partial charge in [-0.15, -0.1) is 0 Å². The molecule has 28 heavy (non-hydrogen) atoms.